The maximum Gasteiger partial charge on any atom is 0.411 e. The number of methoxy groups -OCH3 is 1. The van der Waals surface area contributed by atoms with Gasteiger partial charge in [-0.05, 0) is 50.1 Å². The molecule has 0 aliphatic heterocycles. The Balaban J connectivity index is 1.82. The summed E-state index contributed by atoms with van der Waals surface area (Å²) < 4.78 is 16.1. The molecule has 0 saturated heterocycles. The lowest BCUT2D eigenvalue weighted by atomic mass is 10.1. The molecule has 138 valence electrons. The number of ether oxygens (including phenoxy) is 3. The van der Waals surface area contributed by atoms with Crippen LogP contribution in [0.4, 0.5) is 10.5 Å². The highest BCUT2D eigenvalue weighted by Crippen LogP contribution is 2.28. The van der Waals surface area contributed by atoms with Gasteiger partial charge in [-0.15, -0.1) is 0 Å². The molecular formula is C21H25NO4. The molecule has 2 aromatic carbocycles. The summed E-state index contributed by atoms with van der Waals surface area (Å²) in [6.07, 6.45) is 3.43. The van der Waals surface area contributed by atoms with Crippen molar-refractivity contribution < 1.29 is 19.0 Å². The van der Waals surface area contributed by atoms with E-state index in [1.165, 1.54) is 0 Å². The number of hydrogen-bond acceptors (Lipinski definition) is 4. The van der Waals surface area contributed by atoms with Crippen molar-refractivity contribution in [1.29, 1.82) is 0 Å². The van der Waals surface area contributed by atoms with E-state index in [1.807, 2.05) is 69.3 Å². The van der Waals surface area contributed by atoms with Crippen LogP contribution in [0, 0.1) is 13.8 Å². The Morgan fingerprint density at radius 2 is 1.88 bits per heavy atom. The molecule has 0 radical (unpaired) electrons. The van der Waals surface area contributed by atoms with E-state index in [9.17, 15) is 4.79 Å². The van der Waals surface area contributed by atoms with E-state index in [-0.39, 0.29) is 13.2 Å². The molecule has 0 atom stereocenters. The first-order valence-corrected chi connectivity index (χ1v) is 8.48. The van der Waals surface area contributed by atoms with Gasteiger partial charge in [0, 0.05) is 5.69 Å². The van der Waals surface area contributed by atoms with Crippen LogP contribution in [-0.2, 0) is 4.74 Å². The summed E-state index contributed by atoms with van der Waals surface area (Å²) in [5, 5.41) is 2.73. The summed E-state index contributed by atoms with van der Waals surface area (Å²) in [6.45, 7) is 6.27. The van der Waals surface area contributed by atoms with Crippen molar-refractivity contribution in [2.24, 2.45) is 0 Å². The van der Waals surface area contributed by atoms with Gasteiger partial charge in [-0.3, -0.25) is 5.32 Å². The maximum atomic E-state index is 11.9. The Kier molecular flexibility index (Phi) is 7.09. The van der Waals surface area contributed by atoms with Crippen LogP contribution in [0.15, 0.2) is 42.5 Å². The first-order valence-electron chi connectivity index (χ1n) is 8.48. The number of amides is 1. The predicted octanol–water partition coefficient (Wildman–Crippen LogP) is 4.97. The zero-order valence-corrected chi connectivity index (χ0v) is 15.7. The van der Waals surface area contributed by atoms with Crippen LogP contribution in [0.25, 0.3) is 6.08 Å². The molecular weight excluding hydrogens is 330 g/mol. The second-order valence-corrected chi connectivity index (χ2v) is 5.84. The van der Waals surface area contributed by atoms with Crippen LogP contribution < -0.4 is 14.8 Å². The third kappa shape index (κ3) is 5.55. The van der Waals surface area contributed by atoms with Gasteiger partial charge in [-0.25, -0.2) is 4.79 Å². The molecule has 0 bridgehead atoms. The van der Waals surface area contributed by atoms with Gasteiger partial charge in [0.05, 0.1) is 7.11 Å². The highest BCUT2D eigenvalue weighted by Gasteiger charge is 2.08. The van der Waals surface area contributed by atoms with Crippen LogP contribution in [-0.4, -0.2) is 26.4 Å². The van der Waals surface area contributed by atoms with Crippen molar-refractivity contribution in [1.82, 2.24) is 0 Å². The standard InChI is InChI=1S/C21H25NO4/c1-5-6-17-8-10-19(20(14-17)24-4)25-11-12-26-21(23)22-18-9-7-15(2)13-16(18)3/h5-10,13-14H,11-12H2,1-4H3,(H,22,23)/b6-5-. The molecule has 0 saturated carbocycles. The topological polar surface area (TPSA) is 56.8 Å². The molecule has 0 heterocycles. The second-order valence-electron chi connectivity index (χ2n) is 5.84. The van der Waals surface area contributed by atoms with Gasteiger partial charge in [0.25, 0.3) is 0 Å². The van der Waals surface area contributed by atoms with Gasteiger partial charge in [0.1, 0.15) is 13.2 Å². The molecule has 0 aliphatic rings. The first kappa shape index (κ1) is 19.4. The molecule has 1 amide bonds. The van der Waals surface area contributed by atoms with Crippen LogP contribution in [0.2, 0.25) is 0 Å². The molecule has 0 aliphatic carbocycles. The second kappa shape index (κ2) is 9.51. The number of hydrogen-bond donors (Lipinski definition) is 1. The van der Waals surface area contributed by atoms with Crippen molar-refractivity contribution in [3.05, 3.63) is 59.2 Å². The Bertz CT molecular complexity index is 784. The van der Waals surface area contributed by atoms with Crippen molar-refractivity contribution in [3.8, 4) is 11.5 Å². The maximum absolute atomic E-state index is 11.9. The molecule has 26 heavy (non-hydrogen) atoms. The number of nitrogens with one attached hydrogen (secondary N) is 1. The highest BCUT2D eigenvalue weighted by molar-refractivity contribution is 5.85. The van der Waals surface area contributed by atoms with Gasteiger partial charge in [0.2, 0.25) is 0 Å². The Hall–Kier alpha value is -2.95. The molecule has 0 unspecified atom stereocenters. The Morgan fingerprint density at radius 3 is 2.58 bits per heavy atom. The molecule has 0 fully saturated rings. The average molecular weight is 355 g/mol. The molecule has 2 rings (SSSR count). The van der Waals surface area contributed by atoms with Crippen LogP contribution in [0.5, 0.6) is 11.5 Å². The number of aryl methyl sites for hydroxylation is 2. The Morgan fingerprint density at radius 1 is 1.08 bits per heavy atom. The lowest BCUT2D eigenvalue weighted by Gasteiger charge is -2.12. The normalized spacial score (nSPS) is 10.6. The number of anilines is 1. The molecule has 1 N–H and O–H groups in total. The van der Waals surface area contributed by atoms with Gasteiger partial charge < -0.3 is 14.2 Å². The molecule has 0 spiro atoms. The zero-order chi connectivity index (χ0) is 18.9. The fourth-order valence-corrected chi connectivity index (χ4v) is 2.49. The largest absolute Gasteiger partial charge is 0.493 e. The molecule has 0 aromatic heterocycles. The smallest absolute Gasteiger partial charge is 0.411 e. The van der Waals surface area contributed by atoms with Gasteiger partial charge in [-0.2, -0.15) is 0 Å². The summed E-state index contributed by atoms with van der Waals surface area (Å²) in [6, 6.07) is 11.5. The monoisotopic (exact) mass is 355 g/mol. The van der Waals surface area contributed by atoms with Crippen LogP contribution >= 0.6 is 0 Å². The molecule has 5 heteroatoms. The SMILES string of the molecule is C/C=C\c1ccc(OCCOC(=O)Nc2ccc(C)cc2C)c(OC)c1. The van der Waals surface area contributed by atoms with Crippen molar-refractivity contribution >= 4 is 17.9 Å². The third-order valence-electron chi connectivity index (χ3n) is 3.74. The van der Waals surface area contributed by atoms with Crippen molar-refractivity contribution in [3.63, 3.8) is 0 Å². The van der Waals surface area contributed by atoms with Crippen LogP contribution in [0.1, 0.15) is 23.6 Å². The number of carbonyl (C=O) groups excluding carboxylic acids is 1. The van der Waals surface area contributed by atoms with E-state index < -0.39 is 6.09 Å². The lowest BCUT2D eigenvalue weighted by Crippen LogP contribution is -2.18. The summed E-state index contributed by atoms with van der Waals surface area (Å²) in [5.74, 6) is 1.25. The molecule has 2 aromatic rings. The number of carbonyl (C=O) groups is 1. The van der Waals surface area contributed by atoms with Gasteiger partial charge >= 0.3 is 6.09 Å². The van der Waals surface area contributed by atoms with E-state index in [1.54, 1.807) is 7.11 Å². The number of rotatable bonds is 7. The molecule has 5 nitrogen and oxygen atoms in total. The van der Waals surface area contributed by atoms with E-state index in [0.29, 0.717) is 11.5 Å². The fraction of sp³-hybridized carbons (Fsp3) is 0.286. The minimum atomic E-state index is -0.504. The average Bonchev–Trinajstić information content (AvgIpc) is 2.62. The fourth-order valence-electron chi connectivity index (χ4n) is 2.49. The summed E-state index contributed by atoms with van der Waals surface area (Å²) in [7, 11) is 1.59. The number of allylic oxidation sites excluding steroid dienone is 1. The number of benzene rings is 2. The lowest BCUT2D eigenvalue weighted by molar-refractivity contribution is 0.136. The van der Waals surface area contributed by atoms with E-state index in [2.05, 4.69) is 5.32 Å². The van der Waals surface area contributed by atoms with E-state index in [4.69, 9.17) is 14.2 Å². The van der Waals surface area contributed by atoms with E-state index >= 15 is 0 Å². The van der Waals surface area contributed by atoms with Gasteiger partial charge in [-0.1, -0.05) is 35.9 Å². The van der Waals surface area contributed by atoms with Gasteiger partial charge in [0.15, 0.2) is 11.5 Å². The minimum Gasteiger partial charge on any atom is -0.493 e. The zero-order valence-electron chi connectivity index (χ0n) is 15.7. The summed E-state index contributed by atoms with van der Waals surface area (Å²) >= 11 is 0. The highest BCUT2D eigenvalue weighted by atomic mass is 16.6. The third-order valence-corrected chi connectivity index (χ3v) is 3.74. The van der Waals surface area contributed by atoms with E-state index in [0.717, 1.165) is 22.4 Å². The first-order chi connectivity index (χ1) is 12.5. The van der Waals surface area contributed by atoms with Crippen molar-refractivity contribution in [2.45, 2.75) is 20.8 Å². The predicted molar refractivity (Wildman–Crippen MR) is 104 cm³/mol. The van der Waals surface area contributed by atoms with Crippen LogP contribution in [0.3, 0.4) is 0 Å². The summed E-state index contributed by atoms with van der Waals surface area (Å²) in [4.78, 5) is 11.9. The quantitative estimate of drug-likeness (QED) is 0.712. The van der Waals surface area contributed by atoms with Crippen molar-refractivity contribution in [2.75, 3.05) is 25.6 Å². The Labute approximate surface area is 154 Å². The summed E-state index contributed by atoms with van der Waals surface area (Å²) in [5.41, 5.74) is 3.90. The minimum absolute atomic E-state index is 0.135.